The SMILES string of the molecule is COc1ncccc1-c1c(C)nc2cc(C(=O)O)ccn12. The maximum Gasteiger partial charge on any atom is 0.335 e. The standard InChI is InChI=1S/C15H13N3O3/c1-9-13(11-4-3-6-16-14(11)21-2)18-7-5-10(15(19)20)8-12(18)17-9/h3-8H,1-2H3,(H,19,20). The van der Waals surface area contributed by atoms with Crippen molar-refractivity contribution in [1.82, 2.24) is 14.4 Å². The van der Waals surface area contributed by atoms with Crippen molar-refractivity contribution in [2.24, 2.45) is 0 Å². The molecule has 3 aromatic heterocycles. The van der Waals surface area contributed by atoms with Crippen LogP contribution in [0.25, 0.3) is 16.9 Å². The van der Waals surface area contributed by atoms with Gasteiger partial charge in [-0.2, -0.15) is 0 Å². The molecule has 0 bridgehead atoms. The van der Waals surface area contributed by atoms with Crippen LogP contribution >= 0.6 is 0 Å². The number of carboxylic acids is 1. The Labute approximate surface area is 120 Å². The molecular formula is C15H13N3O3. The van der Waals surface area contributed by atoms with Gasteiger partial charge in [-0.15, -0.1) is 0 Å². The maximum absolute atomic E-state index is 11.0. The van der Waals surface area contributed by atoms with Gasteiger partial charge in [-0.05, 0) is 31.2 Å². The van der Waals surface area contributed by atoms with Crippen LogP contribution in [0.5, 0.6) is 5.88 Å². The molecule has 0 fully saturated rings. The first-order valence-corrected chi connectivity index (χ1v) is 6.33. The van der Waals surface area contributed by atoms with Crippen molar-refractivity contribution in [1.29, 1.82) is 0 Å². The number of fused-ring (bicyclic) bond motifs is 1. The van der Waals surface area contributed by atoms with E-state index in [0.29, 0.717) is 11.5 Å². The van der Waals surface area contributed by atoms with Crippen LogP contribution in [-0.4, -0.2) is 32.6 Å². The first-order chi connectivity index (χ1) is 10.1. The molecule has 0 spiro atoms. The van der Waals surface area contributed by atoms with E-state index in [4.69, 9.17) is 9.84 Å². The van der Waals surface area contributed by atoms with E-state index in [1.54, 1.807) is 31.6 Å². The second-order valence-electron chi connectivity index (χ2n) is 4.55. The average Bonchev–Trinajstić information content (AvgIpc) is 2.81. The molecule has 0 amide bonds. The Kier molecular flexibility index (Phi) is 3.06. The van der Waals surface area contributed by atoms with Crippen LogP contribution in [0.1, 0.15) is 16.1 Å². The van der Waals surface area contributed by atoms with E-state index in [0.717, 1.165) is 17.0 Å². The fourth-order valence-electron chi connectivity index (χ4n) is 2.35. The predicted octanol–water partition coefficient (Wildman–Crippen LogP) is 2.41. The summed E-state index contributed by atoms with van der Waals surface area (Å²) in [5.41, 5.74) is 3.22. The van der Waals surface area contributed by atoms with Crippen molar-refractivity contribution >= 4 is 11.6 Å². The van der Waals surface area contributed by atoms with Crippen LogP contribution in [-0.2, 0) is 0 Å². The van der Waals surface area contributed by atoms with Crippen LogP contribution in [0.2, 0.25) is 0 Å². The zero-order valence-corrected chi connectivity index (χ0v) is 11.6. The summed E-state index contributed by atoms with van der Waals surface area (Å²) in [4.78, 5) is 19.7. The number of nitrogens with zero attached hydrogens (tertiary/aromatic N) is 3. The van der Waals surface area contributed by atoms with Gasteiger partial charge in [0.2, 0.25) is 5.88 Å². The van der Waals surface area contributed by atoms with E-state index in [-0.39, 0.29) is 5.56 Å². The van der Waals surface area contributed by atoms with Crippen LogP contribution in [0.3, 0.4) is 0 Å². The number of methoxy groups -OCH3 is 1. The summed E-state index contributed by atoms with van der Waals surface area (Å²) < 4.78 is 7.12. The Bertz CT molecular complexity index is 839. The predicted molar refractivity (Wildman–Crippen MR) is 76.7 cm³/mol. The second-order valence-corrected chi connectivity index (χ2v) is 4.55. The fourth-order valence-corrected chi connectivity index (χ4v) is 2.35. The Morgan fingerprint density at radius 2 is 2.19 bits per heavy atom. The summed E-state index contributed by atoms with van der Waals surface area (Å²) in [6.07, 6.45) is 3.35. The molecule has 0 radical (unpaired) electrons. The van der Waals surface area contributed by atoms with E-state index < -0.39 is 5.97 Å². The fraction of sp³-hybridized carbons (Fsp3) is 0.133. The maximum atomic E-state index is 11.0. The zero-order chi connectivity index (χ0) is 15.0. The molecule has 0 aliphatic heterocycles. The molecule has 0 aliphatic carbocycles. The number of rotatable bonds is 3. The third-order valence-corrected chi connectivity index (χ3v) is 3.27. The molecule has 3 aromatic rings. The summed E-state index contributed by atoms with van der Waals surface area (Å²) in [7, 11) is 1.56. The van der Waals surface area contributed by atoms with Crippen LogP contribution in [0.4, 0.5) is 0 Å². The summed E-state index contributed by atoms with van der Waals surface area (Å²) in [6.45, 7) is 1.87. The molecule has 0 unspecified atom stereocenters. The van der Waals surface area contributed by atoms with E-state index in [9.17, 15) is 4.79 Å². The van der Waals surface area contributed by atoms with Crippen molar-refractivity contribution in [3.05, 3.63) is 47.9 Å². The summed E-state index contributed by atoms with van der Waals surface area (Å²) >= 11 is 0. The first-order valence-electron chi connectivity index (χ1n) is 6.33. The molecule has 106 valence electrons. The number of ether oxygens (including phenoxy) is 1. The lowest BCUT2D eigenvalue weighted by Gasteiger charge is -2.08. The molecule has 1 N–H and O–H groups in total. The van der Waals surface area contributed by atoms with Crippen molar-refractivity contribution in [2.45, 2.75) is 6.92 Å². The highest BCUT2D eigenvalue weighted by atomic mass is 16.5. The van der Waals surface area contributed by atoms with E-state index in [1.165, 1.54) is 0 Å². The number of aromatic nitrogens is 3. The lowest BCUT2D eigenvalue weighted by atomic mass is 10.1. The molecule has 21 heavy (non-hydrogen) atoms. The van der Waals surface area contributed by atoms with Gasteiger partial charge in [-0.1, -0.05) is 0 Å². The van der Waals surface area contributed by atoms with Gasteiger partial charge in [-0.25, -0.2) is 14.8 Å². The number of carboxylic acid groups (broad SMARTS) is 1. The number of hydrogen-bond donors (Lipinski definition) is 1. The number of carbonyl (C=O) groups is 1. The third kappa shape index (κ3) is 2.10. The van der Waals surface area contributed by atoms with Gasteiger partial charge >= 0.3 is 5.97 Å². The summed E-state index contributed by atoms with van der Waals surface area (Å²) in [5, 5.41) is 9.05. The number of aryl methyl sites for hydroxylation is 1. The van der Waals surface area contributed by atoms with Gasteiger partial charge in [0.25, 0.3) is 0 Å². The van der Waals surface area contributed by atoms with E-state index >= 15 is 0 Å². The molecule has 0 aliphatic rings. The Morgan fingerprint density at radius 1 is 1.38 bits per heavy atom. The van der Waals surface area contributed by atoms with Gasteiger partial charge < -0.3 is 9.84 Å². The first kappa shape index (κ1) is 13.1. The molecule has 0 aromatic carbocycles. The minimum Gasteiger partial charge on any atom is -0.481 e. The molecule has 6 heteroatoms. The molecule has 0 saturated heterocycles. The highest BCUT2D eigenvalue weighted by Crippen LogP contribution is 2.31. The summed E-state index contributed by atoms with van der Waals surface area (Å²) in [5.74, 6) is -0.469. The van der Waals surface area contributed by atoms with Gasteiger partial charge in [0, 0.05) is 12.4 Å². The number of hydrogen-bond acceptors (Lipinski definition) is 4. The lowest BCUT2D eigenvalue weighted by Crippen LogP contribution is -1.99. The van der Waals surface area contributed by atoms with E-state index in [2.05, 4.69) is 9.97 Å². The van der Waals surface area contributed by atoms with Gasteiger partial charge in [-0.3, -0.25) is 4.40 Å². The van der Waals surface area contributed by atoms with Crippen LogP contribution in [0, 0.1) is 6.92 Å². The molecule has 0 atom stereocenters. The van der Waals surface area contributed by atoms with Crippen molar-refractivity contribution in [2.75, 3.05) is 7.11 Å². The zero-order valence-electron chi connectivity index (χ0n) is 11.6. The van der Waals surface area contributed by atoms with Gasteiger partial charge in [0.1, 0.15) is 5.65 Å². The van der Waals surface area contributed by atoms with Crippen molar-refractivity contribution in [3.8, 4) is 17.1 Å². The summed E-state index contributed by atoms with van der Waals surface area (Å²) in [6, 6.07) is 6.81. The van der Waals surface area contributed by atoms with Crippen molar-refractivity contribution < 1.29 is 14.6 Å². The van der Waals surface area contributed by atoms with E-state index in [1.807, 2.05) is 23.5 Å². The number of imidazole rings is 1. The smallest absolute Gasteiger partial charge is 0.335 e. The van der Waals surface area contributed by atoms with Gasteiger partial charge in [0.15, 0.2) is 0 Å². The Morgan fingerprint density at radius 3 is 2.90 bits per heavy atom. The lowest BCUT2D eigenvalue weighted by molar-refractivity contribution is 0.0697. The van der Waals surface area contributed by atoms with Crippen LogP contribution < -0.4 is 4.74 Å². The second kappa shape index (κ2) is 4.90. The normalized spacial score (nSPS) is 10.8. The third-order valence-electron chi connectivity index (χ3n) is 3.27. The highest BCUT2D eigenvalue weighted by molar-refractivity contribution is 5.89. The minimum atomic E-state index is -0.973. The molecule has 6 nitrogen and oxygen atoms in total. The van der Waals surface area contributed by atoms with Gasteiger partial charge in [0.05, 0.1) is 29.6 Å². The minimum absolute atomic E-state index is 0.206. The molecule has 3 heterocycles. The van der Waals surface area contributed by atoms with Crippen molar-refractivity contribution in [3.63, 3.8) is 0 Å². The topological polar surface area (TPSA) is 76.7 Å². The molecular weight excluding hydrogens is 270 g/mol. The molecule has 3 rings (SSSR count). The monoisotopic (exact) mass is 283 g/mol. The Hall–Kier alpha value is -2.89. The number of aromatic carboxylic acids is 1. The largest absolute Gasteiger partial charge is 0.481 e. The van der Waals surface area contributed by atoms with Crippen LogP contribution in [0.15, 0.2) is 36.7 Å². The highest BCUT2D eigenvalue weighted by Gasteiger charge is 2.16. The quantitative estimate of drug-likeness (QED) is 0.798. The Balaban J connectivity index is 2.28. The average molecular weight is 283 g/mol. The number of pyridine rings is 2. The molecule has 0 saturated carbocycles.